The van der Waals surface area contributed by atoms with E-state index in [1.807, 2.05) is 18.4 Å². The van der Waals surface area contributed by atoms with E-state index in [1.54, 1.807) is 23.9 Å². The summed E-state index contributed by atoms with van der Waals surface area (Å²) in [5.74, 6) is 0. The van der Waals surface area contributed by atoms with Crippen molar-refractivity contribution in [2.24, 2.45) is 0 Å². The summed E-state index contributed by atoms with van der Waals surface area (Å²) in [7, 11) is 0. The maximum absolute atomic E-state index is 10.4. The first-order valence-corrected chi connectivity index (χ1v) is 5.82. The lowest BCUT2D eigenvalue weighted by molar-refractivity contribution is 0.562. The zero-order valence-electron chi connectivity index (χ0n) is 8.94. The summed E-state index contributed by atoms with van der Waals surface area (Å²) in [6.45, 7) is 2.07. The molecule has 1 radical (unpaired) electrons. The topological polar surface area (TPSA) is 17.1 Å². The SMILES string of the molecule is Cc1ccc(Sc2ccc([C]=O)cc2)cc1. The van der Waals surface area contributed by atoms with Crippen LogP contribution in [-0.2, 0) is 4.79 Å². The summed E-state index contributed by atoms with van der Waals surface area (Å²) in [6.07, 6.45) is 1.87. The van der Waals surface area contributed by atoms with Crippen LogP contribution in [0.15, 0.2) is 58.3 Å². The second-order valence-corrected chi connectivity index (χ2v) is 4.69. The fraction of sp³-hybridized carbons (Fsp3) is 0.0714. The van der Waals surface area contributed by atoms with Gasteiger partial charge in [0, 0.05) is 15.4 Å². The zero-order chi connectivity index (χ0) is 11.4. The highest BCUT2D eigenvalue weighted by Gasteiger charge is 1.97. The van der Waals surface area contributed by atoms with E-state index in [0.717, 1.165) is 4.90 Å². The molecule has 79 valence electrons. The number of aryl methyl sites for hydroxylation is 1. The van der Waals surface area contributed by atoms with Gasteiger partial charge in [-0.2, -0.15) is 0 Å². The van der Waals surface area contributed by atoms with Gasteiger partial charge in [0.25, 0.3) is 0 Å². The fourth-order valence-corrected chi connectivity index (χ4v) is 2.15. The molecular formula is C14H11OS. The zero-order valence-corrected chi connectivity index (χ0v) is 9.75. The number of hydrogen-bond acceptors (Lipinski definition) is 2. The van der Waals surface area contributed by atoms with Crippen molar-refractivity contribution in [3.63, 3.8) is 0 Å². The largest absolute Gasteiger partial charge is 0.285 e. The molecule has 0 amide bonds. The molecule has 16 heavy (non-hydrogen) atoms. The molecule has 0 aliphatic carbocycles. The number of carbonyl (C=O) groups excluding carboxylic acids is 1. The lowest BCUT2D eigenvalue weighted by Gasteiger charge is -2.02. The van der Waals surface area contributed by atoms with Crippen molar-refractivity contribution in [3.8, 4) is 0 Å². The standard InChI is InChI=1S/C14H11OS/c1-11-2-6-13(7-3-11)16-14-8-4-12(10-15)5-9-14/h2-9H,1H3. The molecule has 1 nitrogen and oxygen atoms in total. The molecule has 0 bridgehead atoms. The molecule has 0 saturated heterocycles. The number of hydrogen-bond donors (Lipinski definition) is 0. The highest BCUT2D eigenvalue weighted by molar-refractivity contribution is 7.99. The monoisotopic (exact) mass is 227 g/mol. The first kappa shape index (κ1) is 11.0. The van der Waals surface area contributed by atoms with Crippen LogP contribution < -0.4 is 0 Å². The van der Waals surface area contributed by atoms with E-state index in [4.69, 9.17) is 0 Å². The summed E-state index contributed by atoms with van der Waals surface area (Å²) in [5, 5.41) is 0. The average Bonchev–Trinajstić information content (AvgIpc) is 2.33. The highest BCUT2D eigenvalue weighted by Crippen LogP contribution is 2.27. The summed E-state index contributed by atoms with van der Waals surface area (Å²) < 4.78 is 0. The van der Waals surface area contributed by atoms with Crippen LogP contribution in [0.3, 0.4) is 0 Å². The molecule has 0 aliphatic heterocycles. The molecule has 2 heteroatoms. The Morgan fingerprint density at radius 2 is 1.38 bits per heavy atom. The van der Waals surface area contributed by atoms with Crippen LogP contribution in [0.2, 0.25) is 0 Å². The minimum Gasteiger partial charge on any atom is -0.285 e. The lowest BCUT2D eigenvalue weighted by atomic mass is 10.2. The van der Waals surface area contributed by atoms with Gasteiger partial charge in [-0.05, 0) is 43.3 Å². The fourth-order valence-electron chi connectivity index (χ4n) is 1.33. The Morgan fingerprint density at radius 1 is 0.875 bits per heavy atom. The van der Waals surface area contributed by atoms with Crippen molar-refractivity contribution in [1.82, 2.24) is 0 Å². The molecule has 0 spiro atoms. The van der Waals surface area contributed by atoms with Crippen LogP contribution in [0.5, 0.6) is 0 Å². The van der Waals surface area contributed by atoms with Gasteiger partial charge in [-0.3, -0.25) is 4.79 Å². The summed E-state index contributed by atoms with van der Waals surface area (Å²) >= 11 is 1.69. The van der Waals surface area contributed by atoms with Crippen molar-refractivity contribution in [2.45, 2.75) is 16.7 Å². The first-order valence-electron chi connectivity index (χ1n) is 5.01. The average molecular weight is 227 g/mol. The molecule has 0 atom stereocenters. The van der Waals surface area contributed by atoms with Gasteiger partial charge in [-0.15, -0.1) is 0 Å². The van der Waals surface area contributed by atoms with Crippen LogP contribution in [0.4, 0.5) is 0 Å². The molecular weight excluding hydrogens is 216 g/mol. The third kappa shape index (κ3) is 2.74. The quantitative estimate of drug-likeness (QED) is 0.797. The smallest absolute Gasteiger partial charge is 0.233 e. The van der Waals surface area contributed by atoms with Gasteiger partial charge in [0.15, 0.2) is 0 Å². The normalized spacial score (nSPS) is 10.1. The van der Waals surface area contributed by atoms with Gasteiger partial charge < -0.3 is 0 Å². The van der Waals surface area contributed by atoms with E-state index in [-0.39, 0.29) is 0 Å². The van der Waals surface area contributed by atoms with E-state index in [9.17, 15) is 4.79 Å². The molecule has 2 aromatic rings. The van der Waals surface area contributed by atoms with Gasteiger partial charge >= 0.3 is 0 Å². The molecule has 2 rings (SSSR count). The molecule has 0 saturated carbocycles. The van der Waals surface area contributed by atoms with E-state index < -0.39 is 0 Å². The molecule has 0 unspecified atom stereocenters. The van der Waals surface area contributed by atoms with Crippen molar-refractivity contribution in [3.05, 3.63) is 59.7 Å². The minimum atomic E-state index is 0.591. The summed E-state index contributed by atoms with van der Waals surface area (Å²) in [5.41, 5.74) is 1.85. The molecule has 0 heterocycles. The Kier molecular flexibility index (Phi) is 3.42. The Hall–Kier alpha value is -1.54. The van der Waals surface area contributed by atoms with Crippen LogP contribution in [-0.4, -0.2) is 6.29 Å². The lowest BCUT2D eigenvalue weighted by Crippen LogP contribution is -1.79. The molecule has 2 aromatic carbocycles. The Balaban J connectivity index is 2.14. The van der Waals surface area contributed by atoms with Crippen LogP contribution >= 0.6 is 11.8 Å². The third-order valence-corrected chi connectivity index (χ3v) is 3.24. The van der Waals surface area contributed by atoms with Gasteiger partial charge in [-0.25, -0.2) is 0 Å². The third-order valence-electron chi connectivity index (χ3n) is 2.23. The number of benzene rings is 2. The van der Waals surface area contributed by atoms with Gasteiger partial charge in [0.2, 0.25) is 6.29 Å². The van der Waals surface area contributed by atoms with Crippen molar-refractivity contribution < 1.29 is 4.79 Å². The molecule has 0 aromatic heterocycles. The Bertz CT molecular complexity index is 471. The van der Waals surface area contributed by atoms with E-state index in [1.165, 1.54) is 10.5 Å². The van der Waals surface area contributed by atoms with Crippen molar-refractivity contribution >= 4 is 18.0 Å². The minimum absolute atomic E-state index is 0.591. The Labute approximate surface area is 99.5 Å². The Morgan fingerprint density at radius 3 is 1.88 bits per heavy atom. The maximum atomic E-state index is 10.4. The molecule has 0 aliphatic rings. The van der Waals surface area contributed by atoms with E-state index in [2.05, 4.69) is 31.2 Å². The molecule has 0 N–H and O–H groups in total. The second-order valence-electron chi connectivity index (χ2n) is 3.54. The highest BCUT2D eigenvalue weighted by atomic mass is 32.2. The van der Waals surface area contributed by atoms with Crippen LogP contribution in [0, 0.1) is 6.92 Å². The van der Waals surface area contributed by atoms with Crippen LogP contribution in [0.1, 0.15) is 11.1 Å². The van der Waals surface area contributed by atoms with Gasteiger partial charge in [0.1, 0.15) is 0 Å². The van der Waals surface area contributed by atoms with Crippen molar-refractivity contribution in [1.29, 1.82) is 0 Å². The molecule has 0 fully saturated rings. The maximum Gasteiger partial charge on any atom is 0.233 e. The van der Waals surface area contributed by atoms with Crippen LogP contribution in [0.25, 0.3) is 0 Å². The second kappa shape index (κ2) is 4.99. The predicted octanol–water partition coefficient (Wildman–Crippen LogP) is 3.60. The summed E-state index contributed by atoms with van der Waals surface area (Å²) in [4.78, 5) is 12.7. The predicted molar refractivity (Wildman–Crippen MR) is 66.5 cm³/mol. The summed E-state index contributed by atoms with van der Waals surface area (Å²) in [6, 6.07) is 15.8. The van der Waals surface area contributed by atoms with Crippen molar-refractivity contribution in [2.75, 3.05) is 0 Å². The number of rotatable bonds is 3. The first-order chi connectivity index (χ1) is 7.78. The van der Waals surface area contributed by atoms with Gasteiger partial charge in [0.05, 0.1) is 0 Å². The van der Waals surface area contributed by atoms with E-state index >= 15 is 0 Å². The van der Waals surface area contributed by atoms with E-state index in [0.29, 0.717) is 5.56 Å². The van der Waals surface area contributed by atoms with Gasteiger partial charge in [-0.1, -0.05) is 29.5 Å².